The van der Waals surface area contributed by atoms with Crippen LogP contribution in [-0.4, -0.2) is 16.5 Å². The van der Waals surface area contributed by atoms with Gasteiger partial charge in [-0.05, 0) is 25.0 Å². The fraction of sp³-hybridized carbons (Fsp3) is 0.400. The van der Waals surface area contributed by atoms with Gasteiger partial charge in [0.2, 0.25) is 5.91 Å². The third-order valence-electron chi connectivity index (χ3n) is 3.28. The van der Waals surface area contributed by atoms with Gasteiger partial charge in [0.15, 0.2) is 0 Å². The Balaban J connectivity index is 2.00. The van der Waals surface area contributed by atoms with Crippen molar-refractivity contribution in [1.82, 2.24) is 9.88 Å². The van der Waals surface area contributed by atoms with Gasteiger partial charge >= 0.3 is 0 Å². The lowest BCUT2D eigenvalue weighted by atomic mass is 10.1. The number of hydrogen-bond acceptors (Lipinski definition) is 2. The summed E-state index contributed by atoms with van der Waals surface area (Å²) < 4.78 is 2.08. The molecule has 0 saturated heterocycles. The molecule has 0 aliphatic carbocycles. The molecule has 2 rings (SSSR count). The highest BCUT2D eigenvalue weighted by atomic mass is 16.1. The van der Waals surface area contributed by atoms with Crippen molar-refractivity contribution >= 4 is 16.8 Å². The molecular weight excluding hydrogens is 238 g/mol. The van der Waals surface area contributed by atoms with Crippen molar-refractivity contribution in [3.63, 3.8) is 0 Å². The van der Waals surface area contributed by atoms with Gasteiger partial charge < -0.3 is 15.6 Å². The van der Waals surface area contributed by atoms with Crippen LogP contribution in [0.2, 0.25) is 0 Å². The summed E-state index contributed by atoms with van der Waals surface area (Å²) >= 11 is 0. The maximum Gasteiger partial charge on any atom is 0.220 e. The average Bonchev–Trinajstić information content (AvgIpc) is 2.71. The van der Waals surface area contributed by atoms with Crippen molar-refractivity contribution in [3.05, 3.63) is 36.0 Å². The molecule has 1 aromatic heterocycles. The fourth-order valence-electron chi connectivity index (χ4n) is 2.21. The van der Waals surface area contributed by atoms with Gasteiger partial charge in [-0.25, -0.2) is 0 Å². The SMILES string of the molecule is CC(N)CCC(=O)NCc1cn(C)c2ccccc12. The number of hydrogen-bond donors (Lipinski definition) is 2. The minimum Gasteiger partial charge on any atom is -0.352 e. The van der Waals surface area contributed by atoms with E-state index in [1.165, 1.54) is 10.9 Å². The second-order valence-electron chi connectivity index (χ2n) is 5.08. The number of benzene rings is 1. The van der Waals surface area contributed by atoms with Crippen LogP contribution in [0, 0.1) is 0 Å². The number of nitrogens with two attached hydrogens (primary N) is 1. The van der Waals surface area contributed by atoms with E-state index in [0.29, 0.717) is 13.0 Å². The van der Waals surface area contributed by atoms with Crippen LogP contribution >= 0.6 is 0 Å². The second kappa shape index (κ2) is 5.89. The van der Waals surface area contributed by atoms with E-state index in [1.807, 2.05) is 26.1 Å². The van der Waals surface area contributed by atoms with Crippen LogP contribution in [-0.2, 0) is 18.4 Å². The van der Waals surface area contributed by atoms with Crippen molar-refractivity contribution < 1.29 is 4.79 Å². The zero-order chi connectivity index (χ0) is 13.8. The molecule has 0 fully saturated rings. The summed E-state index contributed by atoms with van der Waals surface area (Å²) in [4.78, 5) is 11.7. The van der Waals surface area contributed by atoms with Crippen LogP contribution in [0.1, 0.15) is 25.3 Å². The predicted octanol–water partition coefficient (Wildman–Crippen LogP) is 1.92. The van der Waals surface area contributed by atoms with Crippen LogP contribution in [0.4, 0.5) is 0 Å². The number of para-hydroxylation sites is 1. The number of nitrogens with zero attached hydrogens (tertiary/aromatic N) is 1. The first kappa shape index (κ1) is 13.6. The van der Waals surface area contributed by atoms with Gasteiger partial charge in [-0.2, -0.15) is 0 Å². The zero-order valence-corrected chi connectivity index (χ0v) is 11.5. The molecule has 0 spiro atoms. The zero-order valence-electron chi connectivity index (χ0n) is 11.5. The lowest BCUT2D eigenvalue weighted by molar-refractivity contribution is -0.121. The van der Waals surface area contributed by atoms with Gasteiger partial charge in [-0.1, -0.05) is 18.2 Å². The number of carbonyl (C=O) groups is 1. The molecule has 1 aromatic carbocycles. The Kier molecular flexibility index (Phi) is 4.22. The molecule has 4 heteroatoms. The fourth-order valence-corrected chi connectivity index (χ4v) is 2.21. The van der Waals surface area contributed by atoms with Crippen molar-refractivity contribution in [2.45, 2.75) is 32.4 Å². The van der Waals surface area contributed by atoms with E-state index in [0.717, 1.165) is 12.0 Å². The van der Waals surface area contributed by atoms with Gasteiger partial charge in [-0.3, -0.25) is 4.79 Å². The van der Waals surface area contributed by atoms with E-state index in [4.69, 9.17) is 5.73 Å². The summed E-state index contributed by atoms with van der Waals surface area (Å²) in [6.07, 6.45) is 3.28. The number of amides is 1. The molecular formula is C15H21N3O. The Morgan fingerprint density at radius 1 is 1.42 bits per heavy atom. The number of fused-ring (bicyclic) bond motifs is 1. The molecule has 19 heavy (non-hydrogen) atoms. The highest BCUT2D eigenvalue weighted by Gasteiger charge is 2.08. The monoisotopic (exact) mass is 259 g/mol. The molecule has 2 aromatic rings. The Hall–Kier alpha value is -1.81. The highest BCUT2D eigenvalue weighted by molar-refractivity contribution is 5.84. The minimum atomic E-state index is 0.0604. The van der Waals surface area contributed by atoms with Crippen molar-refractivity contribution in [2.24, 2.45) is 12.8 Å². The summed E-state index contributed by atoms with van der Waals surface area (Å²) in [6, 6.07) is 8.27. The molecule has 3 N–H and O–H groups in total. The summed E-state index contributed by atoms with van der Waals surface area (Å²) in [7, 11) is 2.02. The molecule has 1 amide bonds. The molecule has 0 aliphatic heterocycles. The topological polar surface area (TPSA) is 60.1 Å². The number of nitrogens with one attached hydrogen (secondary N) is 1. The lowest BCUT2D eigenvalue weighted by Crippen LogP contribution is -2.25. The quantitative estimate of drug-likeness (QED) is 0.862. The summed E-state index contributed by atoms with van der Waals surface area (Å²) in [5, 5.41) is 4.14. The van der Waals surface area contributed by atoms with Crippen LogP contribution in [0.25, 0.3) is 10.9 Å². The van der Waals surface area contributed by atoms with Crippen LogP contribution in [0.15, 0.2) is 30.5 Å². The van der Waals surface area contributed by atoms with Crippen molar-refractivity contribution in [2.75, 3.05) is 0 Å². The largest absolute Gasteiger partial charge is 0.352 e. The van der Waals surface area contributed by atoms with Gasteiger partial charge in [-0.15, -0.1) is 0 Å². The number of aryl methyl sites for hydroxylation is 1. The van der Waals surface area contributed by atoms with Crippen molar-refractivity contribution in [1.29, 1.82) is 0 Å². The molecule has 0 aliphatic rings. The maximum atomic E-state index is 11.7. The van der Waals surface area contributed by atoms with E-state index in [-0.39, 0.29) is 11.9 Å². The Bertz CT molecular complexity index is 572. The van der Waals surface area contributed by atoms with E-state index < -0.39 is 0 Å². The molecule has 0 radical (unpaired) electrons. The van der Waals surface area contributed by atoms with Crippen LogP contribution in [0.3, 0.4) is 0 Å². The maximum absolute atomic E-state index is 11.7. The van der Waals surface area contributed by atoms with Crippen LogP contribution < -0.4 is 11.1 Å². The Morgan fingerprint density at radius 3 is 2.89 bits per heavy atom. The smallest absolute Gasteiger partial charge is 0.220 e. The Morgan fingerprint density at radius 2 is 2.16 bits per heavy atom. The number of aromatic nitrogens is 1. The number of carbonyl (C=O) groups excluding carboxylic acids is 1. The second-order valence-corrected chi connectivity index (χ2v) is 5.08. The van der Waals surface area contributed by atoms with E-state index in [2.05, 4.69) is 28.2 Å². The van der Waals surface area contributed by atoms with Gasteiger partial charge in [0, 0.05) is 43.2 Å². The van der Waals surface area contributed by atoms with Crippen LogP contribution in [0.5, 0.6) is 0 Å². The standard InChI is InChI=1S/C15H21N3O/c1-11(16)7-8-15(19)17-9-12-10-18(2)14-6-4-3-5-13(12)14/h3-6,10-11H,7-9,16H2,1-2H3,(H,17,19). The third-order valence-corrected chi connectivity index (χ3v) is 3.28. The highest BCUT2D eigenvalue weighted by Crippen LogP contribution is 2.19. The van der Waals surface area contributed by atoms with Gasteiger partial charge in [0.1, 0.15) is 0 Å². The van der Waals surface area contributed by atoms with E-state index in [9.17, 15) is 4.79 Å². The van der Waals surface area contributed by atoms with Crippen molar-refractivity contribution in [3.8, 4) is 0 Å². The average molecular weight is 259 g/mol. The first-order valence-electron chi connectivity index (χ1n) is 6.63. The molecule has 0 bridgehead atoms. The lowest BCUT2D eigenvalue weighted by Gasteiger charge is -2.06. The van der Waals surface area contributed by atoms with Gasteiger partial charge in [0.05, 0.1) is 0 Å². The number of rotatable bonds is 5. The molecule has 1 unspecified atom stereocenters. The summed E-state index contributed by atoms with van der Waals surface area (Å²) in [6.45, 7) is 2.48. The van der Waals surface area contributed by atoms with Gasteiger partial charge in [0.25, 0.3) is 0 Å². The molecule has 1 atom stereocenters. The van der Waals surface area contributed by atoms with E-state index in [1.54, 1.807) is 0 Å². The van der Waals surface area contributed by atoms with E-state index >= 15 is 0 Å². The Labute approximate surface area is 113 Å². The molecule has 4 nitrogen and oxygen atoms in total. The molecule has 0 saturated carbocycles. The summed E-state index contributed by atoms with van der Waals surface area (Å²) in [5.74, 6) is 0.0604. The molecule has 1 heterocycles. The summed E-state index contributed by atoms with van der Waals surface area (Å²) in [5.41, 5.74) is 7.97. The third kappa shape index (κ3) is 3.35. The normalized spacial score (nSPS) is 12.6. The first-order valence-corrected chi connectivity index (χ1v) is 6.63. The first-order chi connectivity index (χ1) is 9.08. The predicted molar refractivity (Wildman–Crippen MR) is 77.6 cm³/mol. The minimum absolute atomic E-state index is 0.0604. The molecule has 102 valence electrons.